The lowest BCUT2D eigenvalue weighted by molar-refractivity contribution is -0.114. The first-order valence-electron chi connectivity index (χ1n) is 7.23. The summed E-state index contributed by atoms with van der Waals surface area (Å²) in [4.78, 5) is 16.0. The molecule has 1 amide bonds. The lowest BCUT2D eigenvalue weighted by Gasteiger charge is -2.10. The molecule has 0 saturated heterocycles. The summed E-state index contributed by atoms with van der Waals surface area (Å²) in [5.74, 6) is -0.0560. The maximum Gasteiger partial charge on any atom is 0.246 e. The molecule has 22 heavy (non-hydrogen) atoms. The minimum Gasteiger partial charge on any atom is -0.357 e. The van der Waals surface area contributed by atoms with Gasteiger partial charge in [0, 0.05) is 18.8 Å². The van der Waals surface area contributed by atoms with Gasteiger partial charge in [-0.15, -0.1) is 24.0 Å². The number of hydrogen-bond acceptors (Lipinski definition) is 2. The van der Waals surface area contributed by atoms with Crippen molar-refractivity contribution in [2.24, 2.45) is 4.99 Å². The monoisotopic (exact) mass is 422 g/mol. The van der Waals surface area contributed by atoms with Crippen LogP contribution in [0.4, 0.5) is 10.1 Å². The molecule has 0 heterocycles. The molecule has 0 aromatic heterocycles. The summed E-state index contributed by atoms with van der Waals surface area (Å²) < 4.78 is 13.0. The van der Waals surface area contributed by atoms with E-state index in [-0.39, 0.29) is 42.2 Å². The van der Waals surface area contributed by atoms with E-state index in [2.05, 4.69) is 27.9 Å². The molecule has 124 valence electrons. The highest BCUT2D eigenvalue weighted by Gasteiger charge is 2.03. The zero-order valence-corrected chi connectivity index (χ0v) is 15.3. The Bertz CT molecular complexity index is 482. The third-order valence-corrected chi connectivity index (χ3v) is 2.66. The molecule has 0 bridgehead atoms. The Hall–Kier alpha value is -1.38. The highest BCUT2D eigenvalue weighted by atomic mass is 127. The fourth-order valence-corrected chi connectivity index (χ4v) is 1.64. The Balaban J connectivity index is 0.00000441. The number of amides is 1. The highest BCUT2D eigenvalue weighted by molar-refractivity contribution is 14.0. The molecule has 0 saturated carbocycles. The fraction of sp³-hybridized carbons (Fsp3) is 0.467. The molecule has 0 aliphatic carbocycles. The zero-order valence-electron chi connectivity index (χ0n) is 13.0. The Labute approximate surface area is 148 Å². The molecule has 0 fully saturated rings. The molecule has 0 aliphatic heterocycles. The number of halogens is 2. The van der Waals surface area contributed by atoms with Gasteiger partial charge >= 0.3 is 0 Å². The minimum absolute atomic E-state index is 0. The van der Waals surface area contributed by atoms with Gasteiger partial charge in [-0.25, -0.2) is 9.38 Å². The molecular weight excluding hydrogens is 398 g/mol. The van der Waals surface area contributed by atoms with Crippen molar-refractivity contribution in [3.63, 3.8) is 0 Å². The number of anilines is 1. The quantitative estimate of drug-likeness (QED) is 0.274. The van der Waals surface area contributed by atoms with E-state index in [1.807, 2.05) is 6.92 Å². The van der Waals surface area contributed by atoms with Crippen molar-refractivity contribution >= 4 is 41.5 Å². The van der Waals surface area contributed by atoms with Gasteiger partial charge in [-0.05, 0) is 31.5 Å². The van der Waals surface area contributed by atoms with Crippen molar-refractivity contribution in [2.75, 3.05) is 25.0 Å². The Morgan fingerprint density at radius 3 is 2.68 bits per heavy atom. The molecular formula is C15H24FIN4O. The lowest BCUT2D eigenvalue weighted by Crippen LogP contribution is -2.38. The van der Waals surface area contributed by atoms with Crippen molar-refractivity contribution in [3.05, 3.63) is 30.1 Å². The number of carbonyl (C=O) groups is 1. The summed E-state index contributed by atoms with van der Waals surface area (Å²) >= 11 is 0. The minimum atomic E-state index is -0.383. The third-order valence-electron chi connectivity index (χ3n) is 2.66. The standard InChI is InChI=1S/C15H23FN4O.HI/c1-3-5-9-18-15(17-4-2)19-11-14(21)20-13-8-6-7-12(16)10-13;/h6-8,10H,3-5,9,11H2,1-2H3,(H,20,21)(H2,17,18,19);1H. The van der Waals surface area contributed by atoms with Crippen LogP contribution in [0.2, 0.25) is 0 Å². The number of benzene rings is 1. The largest absolute Gasteiger partial charge is 0.357 e. The first kappa shape index (κ1) is 20.6. The van der Waals surface area contributed by atoms with Gasteiger partial charge in [0.05, 0.1) is 0 Å². The van der Waals surface area contributed by atoms with Crippen molar-refractivity contribution in [2.45, 2.75) is 26.7 Å². The predicted octanol–water partition coefficient (Wildman–Crippen LogP) is 2.74. The number of hydrogen-bond donors (Lipinski definition) is 3. The van der Waals surface area contributed by atoms with Gasteiger partial charge in [-0.1, -0.05) is 19.4 Å². The number of aliphatic imine (C=N–C) groups is 1. The van der Waals surface area contributed by atoms with Gasteiger partial charge in [0.15, 0.2) is 5.96 Å². The van der Waals surface area contributed by atoms with Gasteiger partial charge in [0.25, 0.3) is 0 Å². The first-order chi connectivity index (χ1) is 10.2. The van der Waals surface area contributed by atoms with Crippen molar-refractivity contribution in [1.29, 1.82) is 0 Å². The molecule has 3 N–H and O–H groups in total. The number of unbranched alkanes of at least 4 members (excludes halogenated alkanes) is 1. The second-order valence-electron chi connectivity index (χ2n) is 4.53. The smallest absolute Gasteiger partial charge is 0.246 e. The van der Waals surface area contributed by atoms with Crippen LogP contribution in [0, 0.1) is 5.82 Å². The molecule has 1 rings (SSSR count). The number of nitrogens with zero attached hydrogens (tertiary/aromatic N) is 1. The van der Waals surface area contributed by atoms with E-state index < -0.39 is 0 Å². The second kappa shape index (κ2) is 12.2. The Morgan fingerprint density at radius 2 is 2.05 bits per heavy atom. The molecule has 5 nitrogen and oxygen atoms in total. The fourth-order valence-electron chi connectivity index (χ4n) is 1.64. The van der Waals surface area contributed by atoms with E-state index in [4.69, 9.17) is 0 Å². The normalized spacial score (nSPS) is 10.6. The SMILES string of the molecule is CCCCNC(=NCC(=O)Nc1cccc(F)c1)NCC.I. The molecule has 1 aromatic carbocycles. The van der Waals surface area contributed by atoms with Crippen LogP contribution in [0.25, 0.3) is 0 Å². The molecule has 0 atom stereocenters. The van der Waals surface area contributed by atoms with Gasteiger partial charge in [-0.2, -0.15) is 0 Å². The van der Waals surface area contributed by atoms with Crippen molar-refractivity contribution in [1.82, 2.24) is 10.6 Å². The van der Waals surface area contributed by atoms with Crippen LogP contribution < -0.4 is 16.0 Å². The summed E-state index contributed by atoms with van der Waals surface area (Å²) in [6.07, 6.45) is 2.13. The summed E-state index contributed by atoms with van der Waals surface area (Å²) in [5, 5.41) is 8.82. The van der Waals surface area contributed by atoms with E-state index in [1.54, 1.807) is 12.1 Å². The molecule has 0 unspecified atom stereocenters. The summed E-state index contributed by atoms with van der Waals surface area (Å²) in [7, 11) is 0. The van der Waals surface area contributed by atoms with Gasteiger partial charge in [0.1, 0.15) is 12.4 Å². The zero-order chi connectivity index (χ0) is 15.5. The Morgan fingerprint density at radius 1 is 1.27 bits per heavy atom. The topological polar surface area (TPSA) is 65.5 Å². The molecule has 0 radical (unpaired) electrons. The van der Waals surface area contributed by atoms with E-state index in [9.17, 15) is 9.18 Å². The van der Waals surface area contributed by atoms with Crippen LogP contribution in [-0.2, 0) is 4.79 Å². The number of rotatable bonds is 7. The summed E-state index contributed by atoms with van der Waals surface area (Å²) in [5.41, 5.74) is 0.430. The van der Waals surface area contributed by atoms with Crippen molar-refractivity contribution in [3.8, 4) is 0 Å². The van der Waals surface area contributed by atoms with Gasteiger partial charge in [0.2, 0.25) is 5.91 Å². The molecule has 0 spiro atoms. The summed E-state index contributed by atoms with van der Waals surface area (Å²) in [6, 6.07) is 5.78. The van der Waals surface area contributed by atoms with Crippen LogP contribution in [0.3, 0.4) is 0 Å². The molecule has 7 heteroatoms. The van der Waals surface area contributed by atoms with Crippen LogP contribution >= 0.6 is 24.0 Å². The highest BCUT2D eigenvalue weighted by Crippen LogP contribution is 2.08. The third kappa shape index (κ3) is 8.81. The number of nitrogens with one attached hydrogen (secondary N) is 3. The summed E-state index contributed by atoms with van der Waals surface area (Å²) in [6.45, 7) is 5.59. The lowest BCUT2D eigenvalue weighted by atomic mass is 10.3. The second-order valence-corrected chi connectivity index (χ2v) is 4.53. The van der Waals surface area contributed by atoms with Crippen molar-refractivity contribution < 1.29 is 9.18 Å². The maximum atomic E-state index is 13.0. The molecule has 0 aliphatic rings. The molecule has 1 aromatic rings. The Kier molecular flexibility index (Phi) is 11.4. The van der Waals surface area contributed by atoms with Gasteiger partial charge in [-0.3, -0.25) is 4.79 Å². The first-order valence-corrected chi connectivity index (χ1v) is 7.23. The van der Waals surface area contributed by atoms with Crippen LogP contribution in [-0.4, -0.2) is 31.5 Å². The average molecular weight is 422 g/mol. The number of carbonyl (C=O) groups excluding carboxylic acids is 1. The van der Waals surface area contributed by atoms with E-state index in [0.29, 0.717) is 11.6 Å². The maximum absolute atomic E-state index is 13.0. The average Bonchev–Trinajstić information content (AvgIpc) is 2.45. The van der Waals surface area contributed by atoms with Gasteiger partial charge < -0.3 is 16.0 Å². The van der Waals surface area contributed by atoms with Crippen LogP contribution in [0.1, 0.15) is 26.7 Å². The number of guanidine groups is 1. The predicted molar refractivity (Wildman–Crippen MR) is 99.3 cm³/mol. The van der Waals surface area contributed by atoms with E-state index >= 15 is 0 Å². The van der Waals surface area contributed by atoms with E-state index in [1.165, 1.54) is 12.1 Å². The van der Waals surface area contributed by atoms with E-state index in [0.717, 1.165) is 25.9 Å². The van der Waals surface area contributed by atoms with Crippen LogP contribution in [0.15, 0.2) is 29.3 Å². The van der Waals surface area contributed by atoms with Crippen LogP contribution in [0.5, 0.6) is 0 Å².